The van der Waals surface area contributed by atoms with Gasteiger partial charge in [-0.25, -0.2) is 0 Å². The summed E-state index contributed by atoms with van der Waals surface area (Å²) in [6, 6.07) is 9.27. The van der Waals surface area contributed by atoms with Crippen molar-refractivity contribution >= 4 is 11.4 Å². The summed E-state index contributed by atoms with van der Waals surface area (Å²) in [5.41, 5.74) is 3.97. The van der Waals surface area contributed by atoms with Crippen molar-refractivity contribution in [2.75, 3.05) is 21.0 Å². The predicted octanol–water partition coefficient (Wildman–Crippen LogP) is 3.45. The Morgan fingerprint density at radius 1 is 0.917 bits per heavy atom. The number of allylic oxidation sites excluding steroid dienone is 1. The zero-order chi connectivity index (χ0) is 16.8. The first kappa shape index (κ1) is 14.6. The Morgan fingerprint density at radius 2 is 1.58 bits per heavy atom. The van der Waals surface area contributed by atoms with Crippen LogP contribution in [0.5, 0.6) is 23.0 Å². The van der Waals surface area contributed by atoms with Gasteiger partial charge in [0.25, 0.3) is 0 Å². The van der Waals surface area contributed by atoms with Crippen LogP contribution in [0.15, 0.2) is 35.9 Å². The lowest BCUT2D eigenvalue weighted by molar-refractivity contribution is 0.103. The maximum atomic E-state index is 12.6. The van der Waals surface area contributed by atoms with Crippen LogP contribution in [0.2, 0.25) is 0 Å². The first-order chi connectivity index (χ1) is 11.6. The standard InChI is InChI=1S/C19H16O5/c1-10-18(11-4-5-14(21-2)15(6-11)22-3)12-7-16-17(24-9-23-16)8-13(12)19(10)20/h4-8H,9H2,1-3H3. The molecule has 1 aliphatic carbocycles. The molecule has 0 atom stereocenters. The second kappa shape index (κ2) is 5.30. The lowest BCUT2D eigenvalue weighted by Crippen LogP contribution is -1.96. The summed E-state index contributed by atoms with van der Waals surface area (Å²) >= 11 is 0. The molecule has 0 N–H and O–H groups in total. The molecule has 0 amide bonds. The Labute approximate surface area is 139 Å². The monoisotopic (exact) mass is 324 g/mol. The summed E-state index contributed by atoms with van der Waals surface area (Å²) in [4.78, 5) is 12.6. The molecule has 0 spiro atoms. The summed E-state index contributed by atoms with van der Waals surface area (Å²) in [5, 5.41) is 0. The van der Waals surface area contributed by atoms with Gasteiger partial charge in [-0.2, -0.15) is 0 Å². The van der Waals surface area contributed by atoms with Gasteiger partial charge in [0, 0.05) is 11.1 Å². The smallest absolute Gasteiger partial charge is 0.231 e. The molecule has 1 aliphatic heterocycles. The number of ketones is 1. The van der Waals surface area contributed by atoms with E-state index in [0.29, 0.717) is 34.1 Å². The molecule has 0 saturated heterocycles. The van der Waals surface area contributed by atoms with Crippen molar-refractivity contribution in [2.45, 2.75) is 6.92 Å². The van der Waals surface area contributed by atoms with Gasteiger partial charge in [0.15, 0.2) is 28.8 Å². The van der Waals surface area contributed by atoms with Crippen molar-refractivity contribution in [2.24, 2.45) is 0 Å². The number of methoxy groups -OCH3 is 2. The molecule has 1 heterocycles. The van der Waals surface area contributed by atoms with Crippen LogP contribution in [0, 0.1) is 0 Å². The Hall–Kier alpha value is -2.95. The van der Waals surface area contributed by atoms with E-state index in [2.05, 4.69) is 0 Å². The van der Waals surface area contributed by atoms with Crippen LogP contribution in [-0.4, -0.2) is 26.8 Å². The zero-order valence-electron chi connectivity index (χ0n) is 13.6. The fourth-order valence-corrected chi connectivity index (χ4v) is 3.22. The highest BCUT2D eigenvalue weighted by Crippen LogP contribution is 2.45. The van der Waals surface area contributed by atoms with Crippen molar-refractivity contribution in [1.29, 1.82) is 0 Å². The van der Waals surface area contributed by atoms with Crippen molar-refractivity contribution in [3.63, 3.8) is 0 Å². The lowest BCUT2D eigenvalue weighted by Gasteiger charge is -2.12. The van der Waals surface area contributed by atoms with Crippen LogP contribution in [0.25, 0.3) is 5.57 Å². The largest absolute Gasteiger partial charge is 0.493 e. The molecule has 5 heteroatoms. The minimum atomic E-state index is 0.00749. The number of rotatable bonds is 3. The molecule has 0 fully saturated rings. The van der Waals surface area contributed by atoms with E-state index in [4.69, 9.17) is 18.9 Å². The first-order valence-corrected chi connectivity index (χ1v) is 7.56. The third-order valence-corrected chi connectivity index (χ3v) is 4.41. The molecule has 24 heavy (non-hydrogen) atoms. The van der Waals surface area contributed by atoms with Crippen molar-refractivity contribution in [3.8, 4) is 23.0 Å². The third-order valence-electron chi connectivity index (χ3n) is 4.41. The van der Waals surface area contributed by atoms with Crippen molar-refractivity contribution in [3.05, 3.63) is 52.6 Å². The molecular formula is C19H16O5. The van der Waals surface area contributed by atoms with Gasteiger partial charge in [0.1, 0.15) is 0 Å². The molecule has 2 aromatic carbocycles. The minimum Gasteiger partial charge on any atom is -0.493 e. The van der Waals surface area contributed by atoms with Crippen molar-refractivity contribution in [1.82, 2.24) is 0 Å². The number of fused-ring (bicyclic) bond motifs is 2. The molecule has 0 saturated carbocycles. The Bertz CT molecular complexity index is 895. The predicted molar refractivity (Wildman–Crippen MR) is 88.1 cm³/mol. The van der Waals surface area contributed by atoms with E-state index in [1.807, 2.05) is 31.2 Å². The molecule has 4 rings (SSSR count). The maximum Gasteiger partial charge on any atom is 0.231 e. The topological polar surface area (TPSA) is 54.0 Å². The number of benzene rings is 2. The van der Waals surface area contributed by atoms with Crippen molar-refractivity contribution < 1.29 is 23.7 Å². The second-order valence-electron chi connectivity index (χ2n) is 5.65. The highest BCUT2D eigenvalue weighted by molar-refractivity contribution is 6.22. The van der Waals surface area contributed by atoms with Gasteiger partial charge >= 0.3 is 0 Å². The van der Waals surface area contributed by atoms with E-state index in [0.717, 1.165) is 16.7 Å². The van der Waals surface area contributed by atoms with Gasteiger partial charge in [-0.3, -0.25) is 4.79 Å². The third kappa shape index (κ3) is 1.98. The molecular weight excluding hydrogens is 308 g/mol. The minimum absolute atomic E-state index is 0.00749. The van der Waals surface area contributed by atoms with Crippen LogP contribution >= 0.6 is 0 Å². The van der Waals surface area contributed by atoms with Crippen LogP contribution in [-0.2, 0) is 0 Å². The molecule has 2 aromatic rings. The number of Topliss-reactive ketones (excluding diaryl/α,β-unsaturated/α-hetero) is 1. The van der Waals surface area contributed by atoms with Gasteiger partial charge in [-0.1, -0.05) is 6.07 Å². The molecule has 0 unspecified atom stereocenters. The molecule has 122 valence electrons. The van der Waals surface area contributed by atoms with Crippen LogP contribution in [0.1, 0.15) is 28.4 Å². The Morgan fingerprint density at radius 3 is 2.25 bits per heavy atom. The van der Waals surface area contributed by atoms with Crippen LogP contribution in [0.3, 0.4) is 0 Å². The Balaban J connectivity index is 1.89. The molecule has 0 bridgehead atoms. The molecule has 0 aromatic heterocycles. The van der Waals surface area contributed by atoms with Gasteiger partial charge < -0.3 is 18.9 Å². The normalized spacial score (nSPS) is 14.9. The summed E-state index contributed by atoms with van der Waals surface area (Å²) in [5.74, 6) is 2.55. The highest BCUT2D eigenvalue weighted by Gasteiger charge is 2.31. The first-order valence-electron chi connectivity index (χ1n) is 7.56. The second-order valence-corrected chi connectivity index (χ2v) is 5.65. The van der Waals surface area contributed by atoms with Crippen LogP contribution < -0.4 is 18.9 Å². The average molecular weight is 324 g/mol. The number of ether oxygens (including phenoxy) is 4. The molecule has 5 nitrogen and oxygen atoms in total. The number of hydrogen-bond acceptors (Lipinski definition) is 5. The fraction of sp³-hybridized carbons (Fsp3) is 0.211. The summed E-state index contributed by atoms with van der Waals surface area (Å²) in [6.45, 7) is 2.02. The molecule has 0 radical (unpaired) electrons. The lowest BCUT2D eigenvalue weighted by atomic mass is 9.97. The average Bonchev–Trinajstić information content (AvgIpc) is 3.16. The maximum absolute atomic E-state index is 12.6. The van der Waals surface area contributed by atoms with Gasteiger partial charge in [-0.05, 0) is 47.9 Å². The van der Waals surface area contributed by atoms with E-state index in [1.165, 1.54) is 0 Å². The SMILES string of the molecule is COc1ccc(C2=C(C)C(=O)c3cc4c(cc32)OCO4)cc1OC. The quantitative estimate of drug-likeness (QED) is 0.865. The number of carbonyl (C=O) groups excluding carboxylic acids is 1. The van der Waals surface area contributed by atoms with Gasteiger partial charge in [-0.15, -0.1) is 0 Å². The zero-order valence-corrected chi connectivity index (χ0v) is 13.6. The Kier molecular flexibility index (Phi) is 3.23. The fourth-order valence-electron chi connectivity index (χ4n) is 3.22. The van der Waals surface area contributed by atoms with Gasteiger partial charge in [0.2, 0.25) is 6.79 Å². The van der Waals surface area contributed by atoms with E-state index < -0.39 is 0 Å². The van der Waals surface area contributed by atoms with E-state index in [-0.39, 0.29) is 12.6 Å². The van der Waals surface area contributed by atoms with E-state index >= 15 is 0 Å². The highest BCUT2D eigenvalue weighted by atomic mass is 16.7. The molecule has 2 aliphatic rings. The van der Waals surface area contributed by atoms with E-state index in [9.17, 15) is 4.79 Å². The van der Waals surface area contributed by atoms with Crippen LogP contribution in [0.4, 0.5) is 0 Å². The number of hydrogen-bond donors (Lipinski definition) is 0. The van der Waals surface area contributed by atoms with E-state index in [1.54, 1.807) is 20.3 Å². The number of carbonyl (C=O) groups is 1. The summed E-state index contributed by atoms with van der Waals surface area (Å²) in [7, 11) is 3.19. The summed E-state index contributed by atoms with van der Waals surface area (Å²) in [6.07, 6.45) is 0. The van der Waals surface area contributed by atoms with Gasteiger partial charge in [0.05, 0.1) is 14.2 Å². The summed E-state index contributed by atoms with van der Waals surface area (Å²) < 4.78 is 21.5.